The van der Waals surface area contributed by atoms with Gasteiger partial charge in [0.2, 0.25) is 5.91 Å². The molecule has 1 N–H and O–H groups in total. The topological polar surface area (TPSA) is 52.7 Å². The predicted octanol–water partition coefficient (Wildman–Crippen LogP) is 3.48. The molecule has 2 aromatic carbocycles. The second-order valence-electron chi connectivity index (χ2n) is 8.66. The average Bonchev–Trinajstić information content (AvgIpc) is 3.56. The molecule has 0 radical (unpaired) electrons. The Bertz CT molecular complexity index is 935. The maximum Gasteiger partial charge on any atom is 0.253 e. The van der Waals surface area contributed by atoms with Gasteiger partial charge in [-0.05, 0) is 49.1 Å². The van der Waals surface area contributed by atoms with Crippen LogP contribution in [0.5, 0.6) is 0 Å². The minimum absolute atomic E-state index is 0.0321. The number of amides is 2. The SMILES string of the molecule is O=C(c1ccc(Cl)cc1)N1CCC2(CC1)N[C@H](Cc1ccccc1)C(=O)N2C1CC1. The standard InChI is InChI=1S/C24H26ClN3O2/c25-19-8-6-18(7-9-19)22(29)27-14-12-24(13-15-27)26-21(16-17-4-2-1-3-5-17)23(30)28(24)20-10-11-20/h1-9,20-21,26H,10-16H2/t21-/m1/s1. The fourth-order valence-corrected chi connectivity index (χ4v) is 5.05. The van der Waals surface area contributed by atoms with Gasteiger partial charge in [0, 0.05) is 42.6 Å². The van der Waals surface area contributed by atoms with Crippen LogP contribution < -0.4 is 5.32 Å². The monoisotopic (exact) mass is 423 g/mol. The molecular weight excluding hydrogens is 398 g/mol. The minimum Gasteiger partial charge on any atom is -0.338 e. The summed E-state index contributed by atoms with van der Waals surface area (Å²) in [6.07, 6.45) is 4.40. The van der Waals surface area contributed by atoms with Gasteiger partial charge in [-0.2, -0.15) is 0 Å². The predicted molar refractivity (Wildman–Crippen MR) is 116 cm³/mol. The Kier molecular flexibility index (Phi) is 5.03. The third-order valence-corrected chi connectivity index (χ3v) is 6.86. The molecule has 1 aliphatic carbocycles. The van der Waals surface area contributed by atoms with Crippen LogP contribution in [-0.4, -0.2) is 52.5 Å². The van der Waals surface area contributed by atoms with Crippen molar-refractivity contribution in [3.63, 3.8) is 0 Å². The van der Waals surface area contributed by atoms with Crippen LogP contribution in [0.2, 0.25) is 5.02 Å². The van der Waals surface area contributed by atoms with Crippen LogP contribution in [0.25, 0.3) is 0 Å². The second-order valence-corrected chi connectivity index (χ2v) is 9.09. The molecule has 1 spiro atoms. The second kappa shape index (κ2) is 7.71. The highest BCUT2D eigenvalue weighted by atomic mass is 35.5. The maximum absolute atomic E-state index is 13.3. The van der Waals surface area contributed by atoms with Crippen molar-refractivity contribution in [1.29, 1.82) is 0 Å². The highest BCUT2D eigenvalue weighted by molar-refractivity contribution is 6.30. The molecule has 2 aromatic rings. The Morgan fingerprint density at radius 1 is 1.03 bits per heavy atom. The number of carbonyl (C=O) groups excluding carboxylic acids is 2. The van der Waals surface area contributed by atoms with E-state index in [4.69, 9.17) is 11.6 Å². The first-order chi connectivity index (χ1) is 14.6. The van der Waals surface area contributed by atoms with Crippen molar-refractivity contribution in [2.45, 2.75) is 49.9 Å². The number of halogens is 1. The van der Waals surface area contributed by atoms with E-state index in [0.29, 0.717) is 36.1 Å². The van der Waals surface area contributed by atoms with Gasteiger partial charge in [-0.25, -0.2) is 0 Å². The molecule has 2 heterocycles. The van der Waals surface area contributed by atoms with E-state index in [0.717, 1.165) is 25.7 Å². The van der Waals surface area contributed by atoms with Crippen LogP contribution in [0, 0.1) is 0 Å². The maximum atomic E-state index is 13.3. The molecule has 156 valence electrons. The molecule has 0 aromatic heterocycles. The summed E-state index contributed by atoms with van der Waals surface area (Å²) in [5.74, 6) is 0.253. The number of nitrogens with one attached hydrogen (secondary N) is 1. The van der Waals surface area contributed by atoms with E-state index in [9.17, 15) is 9.59 Å². The lowest BCUT2D eigenvalue weighted by molar-refractivity contribution is -0.134. The van der Waals surface area contributed by atoms with Gasteiger partial charge in [-0.1, -0.05) is 41.9 Å². The molecule has 0 unspecified atom stereocenters. The van der Waals surface area contributed by atoms with Crippen molar-refractivity contribution in [3.05, 3.63) is 70.7 Å². The lowest BCUT2D eigenvalue weighted by atomic mass is 9.95. The number of hydrogen-bond acceptors (Lipinski definition) is 3. The normalized spacial score (nSPS) is 23.2. The Morgan fingerprint density at radius 2 is 1.70 bits per heavy atom. The fourth-order valence-electron chi connectivity index (χ4n) is 4.92. The molecule has 1 saturated carbocycles. The number of carbonyl (C=O) groups is 2. The van der Waals surface area contributed by atoms with Gasteiger partial charge in [-0.15, -0.1) is 0 Å². The average molecular weight is 424 g/mol. The molecule has 0 bridgehead atoms. The van der Waals surface area contributed by atoms with Gasteiger partial charge < -0.3 is 9.80 Å². The molecule has 3 aliphatic rings. The van der Waals surface area contributed by atoms with Crippen LogP contribution in [0.4, 0.5) is 0 Å². The van der Waals surface area contributed by atoms with E-state index in [1.807, 2.05) is 23.1 Å². The Hall–Kier alpha value is -2.37. The summed E-state index contributed by atoms with van der Waals surface area (Å²) in [5.41, 5.74) is 1.51. The van der Waals surface area contributed by atoms with Crippen LogP contribution in [0.15, 0.2) is 54.6 Å². The number of hydrogen-bond donors (Lipinski definition) is 1. The zero-order valence-electron chi connectivity index (χ0n) is 16.9. The third-order valence-electron chi connectivity index (χ3n) is 6.60. The first-order valence-corrected chi connectivity index (χ1v) is 11.1. The van der Waals surface area contributed by atoms with Crippen LogP contribution in [-0.2, 0) is 11.2 Å². The Balaban J connectivity index is 1.31. The number of nitrogens with zero attached hydrogens (tertiary/aromatic N) is 2. The van der Waals surface area contributed by atoms with Gasteiger partial charge in [0.15, 0.2) is 0 Å². The molecule has 1 atom stereocenters. The largest absolute Gasteiger partial charge is 0.338 e. The molecule has 2 amide bonds. The van der Waals surface area contributed by atoms with Crippen LogP contribution in [0.1, 0.15) is 41.6 Å². The van der Waals surface area contributed by atoms with Crippen molar-refractivity contribution in [2.24, 2.45) is 0 Å². The van der Waals surface area contributed by atoms with E-state index in [1.54, 1.807) is 24.3 Å². The van der Waals surface area contributed by atoms with Crippen molar-refractivity contribution in [3.8, 4) is 0 Å². The minimum atomic E-state index is -0.325. The number of rotatable bonds is 4. The van der Waals surface area contributed by atoms with E-state index in [-0.39, 0.29) is 23.5 Å². The van der Waals surface area contributed by atoms with Crippen molar-refractivity contribution in [1.82, 2.24) is 15.1 Å². The zero-order valence-corrected chi connectivity index (χ0v) is 17.6. The number of benzene rings is 2. The quantitative estimate of drug-likeness (QED) is 0.819. The van der Waals surface area contributed by atoms with Gasteiger partial charge >= 0.3 is 0 Å². The Morgan fingerprint density at radius 3 is 2.33 bits per heavy atom. The molecular formula is C24H26ClN3O2. The zero-order chi connectivity index (χ0) is 20.7. The van der Waals surface area contributed by atoms with E-state index in [2.05, 4.69) is 22.3 Å². The highest BCUT2D eigenvalue weighted by Gasteiger charge is 2.56. The van der Waals surface area contributed by atoms with Gasteiger partial charge in [0.1, 0.15) is 0 Å². The lowest BCUT2D eigenvalue weighted by Crippen LogP contribution is -2.60. The van der Waals surface area contributed by atoms with E-state index in [1.165, 1.54) is 5.56 Å². The molecule has 3 fully saturated rings. The van der Waals surface area contributed by atoms with Crippen molar-refractivity contribution < 1.29 is 9.59 Å². The summed E-state index contributed by atoms with van der Waals surface area (Å²) in [6, 6.07) is 17.4. The summed E-state index contributed by atoms with van der Waals surface area (Å²) in [7, 11) is 0. The summed E-state index contributed by atoms with van der Waals surface area (Å²) in [5, 5.41) is 4.33. The summed E-state index contributed by atoms with van der Waals surface area (Å²) in [4.78, 5) is 30.2. The smallest absolute Gasteiger partial charge is 0.253 e. The Labute approximate surface area is 182 Å². The fraction of sp³-hybridized carbons (Fsp3) is 0.417. The number of likely N-dealkylation sites (tertiary alicyclic amines) is 1. The van der Waals surface area contributed by atoms with Gasteiger partial charge in [0.25, 0.3) is 5.91 Å². The molecule has 5 rings (SSSR count). The van der Waals surface area contributed by atoms with E-state index < -0.39 is 0 Å². The molecule has 2 saturated heterocycles. The first-order valence-electron chi connectivity index (χ1n) is 10.8. The first kappa shape index (κ1) is 19.6. The van der Waals surface area contributed by atoms with Crippen molar-refractivity contribution >= 4 is 23.4 Å². The highest BCUT2D eigenvalue weighted by Crippen LogP contribution is 2.41. The van der Waals surface area contributed by atoms with Crippen LogP contribution in [0.3, 0.4) is 0 Å². The molecule has 6 heteroatoms. The van der Waals surface area contributed by atoms with Gasteiger partial charge in [-0.3, -0.25) is 14.9 Å². The summed E-state index contributed by atoms with van der Waals surface area (Å²) >= 11 is 5.95. The molecule has 5 nitrogen and oxygen atoms in total. The third kappa shape index (κ3) is 3.61. The summed E-state index contributed by atoms with van der Waals surface area (Å²) < 4.78 is 0. The number of piperidine rings is 1. The van der Waals surface area contributed by atoms with Crippen molar-refractivity contribution in [2.75, 3.05) is 13.1 Å². The van der Waals surface area contributed by atoms with Crippen LogP contribution >= 0.6 is 11.6 Å². The van der Waals surface area contributed by atoms with E-state index >= 15 is 0 Å². The molecule has 2 aliphatic heterocycles. The lowest BCUT2D eigenvalue weighted by Gasteiger charge is -2.45. The summed E-state index contributed by atoms with van der Waals surface area (Å²) in [6.45, 7) is 1.28. The molecule has 30 heavy (non-hydrogen) atoms. The van der Waals surface area contributed by atoms with Gasteiger partial charge in [0.05, 0.1) is 11.7 Å².